The van der Waals surface area contributed by atoms with Crippen LogP contribution in [0.3, 0.4) is 0 Å². The van der Waals surface area contributed by atoms with Gasteiger partial charge in [0.1, 0.15) is 0 Å². The Labute approximate surface area is 113 Å². The number of benzene rings is 1. The van der Waals surface area contributed by atoms with E-state index in [0.29, 0.717) is 6.04 Å². The summed E-state index contributed by atoms with van der Waals surface area (Å²) in [6.45, 7) is 4.60. The number of nitrogens with one attached hydrogen (secondary N) is 1. The van der Waals surface area contributed by atoms with Crippen LogP contribution in [0.25, 0.3) is 0 Å². The topological polar surface area (TPSA) is 15.3 Å². The molecule has 0 saturated carbocycles. The summed E-state index contributed by atoms with van der Waals surface area (Å²) in [6, 6.07) is 7.13. The van der Waals surface area contributed by atoms with Crippen LogP contribution in [-0.2, 0) is 6.42 Å². The van der Waals surface area contributed by atoms with E-state index in [9.17, 15) is 0 Å². The van der Waals surface area contributed by atoms with Gasteiger partial charge in [0.15, 0.2) is 0 Å². The Kier molecular flexibility index (Phi) is 4.46. The van der Waals surface area contributed by atoms with Gasteiger partial charge in [-0.15, -0.1) is 0 Å². The van der Waals surface area contributed by atoms with Gasteiger partial charge in [0.05, 0.1) is 0 Å². The van der Waals surface area contributed by atoms with Gasteiger partial charge in [0.2, 0.25) is 0 Å². The van der Waals surface area contributed by atoms with Crippen molar-refractivity contribution in [1.82, 2.24) is 4.90 Å². The van der Waals surface area contributed by atoms with E-state index in [1.807, 2.05) is 0 Å². The molecule has 0 aliphatic carbocycles. The van der Waals surface area contributed by atoms with Gasteiger partial charge in [0.25, 0.3) is 0 Å². The molecule has 1 saturated heterocycles. The van der Waals surface area contributed by atoms with Crippen molar-refractivity contribution in [2.45, 2.75) is 32.2 Å². The molecule has 1 aromatic rings. The largest absolute Gasteiger partial charge is 0.381 e. The molecular weight excluding hydrogens is 276 g/mol. The van der Waals surface area contributed by atoms with Gasteiger partial charge in [-0.3, -0.25) is 0 Å². The molecule has 2 rings (SSSR count). The number of aryl methyl sites for hydroxylation is 1. The first-order valence-electron chi connectivity index (χ1n) is 6.42. The summed E-state index contributed by atoms with van der Waals surface area (Å²) < 4.78 is 1.17. The minimum Gasteiger partial charge on any atom is -0.381 e. The third-order valence-electron chi connectivity index (χ3n) is 3.43. The summed E-state index contributed by atoms with van der Waals surface area (Å²) in [7, 11) is 2.20. The highest BCUT2D eigenvalue weighted by molar-refractivity contribution is 9.10. The molecule has 0 aromatic heterocycles. The van der Waals surface area contributed by atoms with Crippen molar-refractivity contribution in [2.24, 2.45) is 0 Å². The van der Waals surface area contributed by atoms with E-state index < -0.39 is 0 Å². The van der Waals surface area contributed by atoms with E-state index in [1.54, 1.807) is 0 Å². The summed E-state index contributed by atoms with van der Waals surface area (Å²) >= 11 is 3.54. The number of likely N-dealkylation sites (tertiary alicyclic amines) is 1. The molecule has 1 unspecified atom stereocenters. The average Bonchev–Trinajstić information content (AvgIpc) is 2.31. The molecule has 1 aliphatic rings. The van der Waals surface area contributed by atoms with Gasteiger partial charge < -0.3 is 10.2 Å². The highest BCUT2D eigenvalue weighted by atomic mass is 79.9. The number of piperidine rings is 1. The molecule has 1 N–H and O–H groups in total. The molecule has 0 spiro atoms. The number of hydrogen-bond donors (Lipinski definition) is 1. The zero-order valence-electron chi connectivity index (χ0n) is 10.7. The zero-order chi connectivity index (χ0) is 12.3. The maximum absolute atomic E-state index is 3.70. The van der Waals surface area contributed by atoms with Gasteiger partial charge in [0, 0.05) is 22.7 Å². The quantitative estimate of drug-likeness (QED) is 0.918. The Balaban J connectivity index is 2.07. The van der Waals surface area contributed by atoms with E-state index in [0.717, 1.165) is 13.0 Å². The molecular formula is C14H21BrN2. The molecule has 0 bridgehead atoms. The van der Waals surface area contributed by atoms with Crippen molar-refractivity contribution >= 4 is 21.6 Å². The smallest absolute Gasteiger partial charge is 0.0388 e. The predicted octanol–water partition coefficient (Wildman–Crippen LogP) is 3.52. The first kappa shape index (κ1) is 12.9. The number of nitrogens with zero attached hydrogens (tertiary/aromatic N) is 1. The van der Waals surface area contributed by atoms with Crippen LogP contribution in [0.1, 0.15) is 25.3 Å². The summed E-state index contributed by atoms with van der Waals surface area (Å²) in [5.74, 6) is 0. The lowest BCUT2D eigenvalue weighted by Gasteiger charge is -2.31. The van der Waals surface area contributed by atoms with Crippen molar-refractivity contribution in [1.29, 1.82) is 0 Å². The van der Waals surface area contributed by atoms with Gasteiger partial charge in [-0.05, 0) is 56.6 Å². The van der Waals surface area contributed by atoms with Crippen LogP contribution in [0.15, 0.2) is 22.7 Å². The minimum atomic E-state index is 0.597. The van der Waals surface area contributed by atoms with Crippen molar-refractivity contribution in [3.05, 3.63) is 28.2 Å². The number of anilines is 1. The average molecular weight is 297 g/mol. The highest BCUT2D eigenvalue weighted by Crippen LogP contribution is 2.23. The van der Waals surface area contributed by atoms with Gasteiger partial charge in [-0.1, -0.05) is 22.9 Å². The molecule has 1 aliphatic heterocycles. The second-order valence-electron chi connectivity index (χ2n) is 4.90. The van der Waals surface area contributed by atoms with Gasteiger partial charge in [-0.2, -0.15) is 0 Å². The van der Waals surface area contributed by atoms with Gasteiger partial charge >= 0.3 is 0 Å². The third-order valence-corrected chi connectivity index (χ3v) is 3.93. The molecule has 1 heterocycles. The van der Waals surface area contributed by atoms with Crippen molar-refractivity contribution < 1.29 is 0 Å². The lowest BCUT2D eigenvalue weighted by Crippen LogP contribution is -2.39. The molecule has 2 nitrogen and oxygen atoms in total. The monoisotopic (exact) mass is 296 g/mol. The Bertz CT molecular complexity index is 378. The number of halogens is 1. The Hall–Kier alpha value is -0.540. The SMILES string of the molecule is CCc1cc(Br)ccc1NC1CCCN(C)C1. The van der Waals surface area contributed by atoms with Crippen molar-refractivity contribution in [2.75, 3.05) is 25.5 Å². The Morgan fingerprint density at radius 1 is 1.47 bits per heavy atom. The van der Waals surface area contributed by atoms with Crippen LogP contribution in [0, 0.1) is 0 Å². The summed E-state index contributed by atoms with van der Waals surface area (Å²) in [5.41, 5.74) is 2.70. The van der Waals surface area contributed by atoms with Crippen LogP contribution >= 0.6 is 15.9 Å². The highest BCUT2D eigenvalue weighted by Gasteiger charge is 2.17. The normalized spacial score (nSPS) is 21.5. The van der Waals surface area contributed by atoms with Crippen molar-refractivity contribution in [3.63, 3.8) is 0 Å². The summed E-state index contributed by atoms with van der Waals surface area (Å²) in [4.78, 5) is 2.41. The fourth-order valence-electron chi connectivity index (χ4n) is 2.50. The maximum Gasteiger partial charge on any atom is 0.0388 e. The van der Waals surface area contributed by atoms with Crippen LogP contribution < -0.4 is 5.32 Å². The summed E-state index contributed by atoms with van der Waals surface area (Å²) in [6.07, 6.45) is 3.65. The fourth-order valence-corrected chi connectivity index (χ4v) is 2.91. The van der Waals surface area contributed by atoms with E-state index in [1.165, 1.54) is 35.1 Å². The second kappa shape index (κ2) is 5.87. The molecule has 1 atom stereocenters. The van der Waals surface area contributed by atoms with E-state index in [2.05, 4.69) is 58.3 Å². The molecule has 3 heteroatoms. The van der Waals surface area contributed by atoms with E-state index in [4.69, 9.17) is 0 Å². The minimum absolute atomic E-state index is 0.597. The van der Waals surface area contributed by atoms with Crippen LogP contribution in [0.5, 0.6) is 0 Å². The molecule has 0 amide bonds. The Morgan fingerprint density at radius 3 is 3.00 bits per heavy atom. The second-order valence-corrected chi connectivity index (χ2v) is 5.82. The number of hydrogen-bond acceptors (Lipinski definition) is 2. The van der Waals surface area contributed by atoms with E-state index in [-0.39, 0.29) is 0 Å². The van der Waals surface area contributed by atoms with Crippen LogP contribution in [-0.4, -0.2) is 31.1 Å². The molecule has 94 valence electrons. The van der Waals surface area contributed by atoms with Crippen LogP contribution in [0.2, 0.25) is 0 Å². The standard InChI is InChI=1S/C14H21BrN2/c1-3-11-9-12(15)6-7-14(11)16-13-5-4-8-17(2)10-13/h6-7,9,13,16H,3-5,8,10H2,1-2H3. The third kappa shape index (κ3) is 3.46. The lowest BCUT2D eigenvalue weighted by molar-refractivity contribution is 0.261. The van der Waals surface area contributed by atoms with Gasteiger partial charge in [-0.25, -0.2) is 0 Å². The molecule has 1 aromatic carbocycles. The first-order chi connectivity index (χ1) is 8.19. The summed E-state index contributed by atoms with van der Waals surface area (Å²) in [5, 5.41) is 3.70. The maximum atomic E-state index is 3.70. The van der Waals surface area contributed by atoms with Crippen molar-refractivity contribution in [3.8, 4) is 0 Å². The zero-order valence-corrected chi connectivity index (χ0v) is 12.3. The Morgan fingerprint density at radius 2 is 2.29 bits per heavy atom. The number of likely N-dealkylation sites (N-methyl/N-ethyl adjacent to an activating group) is 1. The first-order valence-corrected chi connectivity index (χ1v) is 7.22. The lowest BCUT2D eigenvalue weighted by atomic mass is 10.0. The predicted molar refractivity (Wildman–Crippen MR) is 77.7 cm³/mol. The molecule has 17 heavy (non-hydrogen) atoms. The fraction of sp³-hybridized carbons (Fsp3) is 0.571. The molecule has 1 fully saturated rings. The number of rotatable bonds is 3. The van der Waals surface area contributed by atoms with Crippen LogP contribution in [0.4, 0.5) is 5.69 Å². The van der Waals surface area contributed by atoms with E-state index >= 15 is 0 Å². The molecule has 0 radical (unpaired) electrons.